The quantitative estimate of drug-likeness (QED) is 0.0893. The van der Waals surface area contributed by atoms with E-state index in [-0.39, 0.29) is 61.5 Å². The molecule has 0 radical (unpaired) electrons. The molecule has 4 aliphatic heterocycles. The first kappa shape index (κ1) is 46.2. The monoisotopic (exact) mass is 890 g/mol. The third-order valence-electron chi connectivity index (χ3n) is 14.1. The SMILES string of the molecule is CCC(=O)OCC1(C(=O)N[C@H](c2nc(-c3ccc(-c4ccc(-c5c[nH]c([C@@H](NC(=O)C6(COC(C)=O)OC7CCC6CC7)C(C)(C)C)n5)cc4)cc3)c[nH]2)C(C)(C)C)OC2CCC1CC2. The molecule has 4 N–H and O–H groups in total. The van der Waals surface area contributed by atoms with E-state index in [1.54, 1.807) is 6.92 Å². The number of ether oxygens (including phenoxy) is 4. The maximum absolute atomic E-state index is 14.3. The summed E-state index contributed by atoms with van der Waals surface area (Å²) in [6.45, 7) is 15.3. The molecule has 348 valence electrons. The number of H-pyrrole nitrogens is 2. The normalized spacial score (nSPS) is 26.0. The number of imidazole rings is 2. The number of aromatic amines is 2. The molecule has 6 aliphatic rings. The smallest absolute Gasteiger partial charge is 0.305 e. The number of fused-ring (bicyclic) bond motifs is 6. The van der Waals surface area contributed by atoms with E-state index < -0.39 is 40.1 Å². The van der Waals surface area contributed by atoms with Crippen LogP contribution >= 0.6 is 0 Å². The number of aromatic nitrogens is 4. The van der Waals surface area contributed by atoms with Crippen LogP contribution in [0.5, 0.6) is 0 Å². The highest BCUT2D eigenvalue weighted by Gasteiger charge is 2.57. The molecule has 4 saturated heterocycles. The summed E-state index contributed by atoms with van der Waals surface area (Å²) >= 11 is 0. The number of esters is 2. The predicted molar refractivity (Wildman–Crippen MR) is 245 cm³/mol. The van der Waals surface area contributed by atoms with Gasteiger partial charge < -0.3 is 39.5 Å². The highest BCUT2D eigenvalue weighted by atomic mass is 16.6. The van der Waals surface area contributed by atoms with Crippen LogP contribution in [0.2, 0.25) is 0 Å². The highest BCUT2D eigenvalue weighted by Crippen LogP contribution is 2.47. The number of carbonyl (C=O) groups is 4. The molecule has 2 aliphatic carbocycles. The first-order chi connectivity index (χ1) is 30.9. The molecule has 2 saturated carbocycles. The van der Waals surface area contributed by atoms with Crippen LogP contribution in [0, 0.1) is 22.7 Å². The van der Waals surface area contributed by atoms with Gasteiger partial charge in [-0.1, -0.05) is 97.0 Å². The molecule has 2 unspecified atom stereocenters. The van der Waals surface area contributed by atoms with Gasteiger partial charge in [-0.05, 0) is 73.3 Å². The molecule has 2 amide bonds. The lowest BCUT2D eigenvalue weighted by atomic mass is 9.71. The zero-order valence-electron chi connectivity index (χ0n) is 39.2. The lowest BCUT2D eigenvalue weighted by Gasteiger charge is -2.50. The largest absolute Gasteiger partial charge is 0.462 e. The molecular weight excluding hydrogens is 825 g/mol. The fraction of sp³-hybridized carbons (Fsp3) is 0.569. The van der Waals surface area contributed by atoms with Gasteiger partial charge in [0.25, 0.3) is 11.8 Å². The number of nitrogens with one attached hydrogen (secondary N) is 4. The molecule has 2 aromatic carbocycles. The van der Waals surface area contributed by atoms with Crippen LogP contribution in [-0.2, 0) is 38.1 Å². The molecule has 65 heavy (non-hydrogen) atoms. The van der Waals surface area contributed by atoms with Crippen molar-refractivity contribution in [1.82, 2.24) is 30.6 Å². The Kier molecular flexibility index (Phi) is 12.9. The van der Waals surface area contributed by atoms with E-state index in [2.05, 4.69) is 86.4 Å². The van der Waals surface area contributed by atoms with Gasteiger partial charge in [-0.15, -0.1) is 0 Å². The molecule has 10 rings (SSSR count). The van der Waals surface area contributed by atoms with Crippen LogP contribution < -0.4 is 10.6 Å². The second-order valence-corrected chi connectivity index (χ2v) is 20.8. The van der Waals surface area contributed by atoms with E-state index in [0.717, 1.165) is 85.0 Å². The standard InChI is InChI=1S/C51H66N6O8/c1-9-41(59)63-29-51(36-20-24-38(65-51)25-21-36)47(61)57-43(49(6,7)8)45-53-27-40(55-45)34-16-12-32(13-17-34)31-10-14-33(15-11-31)39-26-52-44(54-39)42(48(3,4)5)56-46(60)50(28-62-30(2)58)35-18-22-37(64-50)23-19-35/h10-17,26-27,35-38,42-43H,9,18-25,28-29H2,1-8H3,(H,52,54)(H,53,55)(H,56,60)(H,57,61)/t35?,36?,37?,38?,42-,43-,50?,51?/m1/s1. The van der Waals surface area contributed by atoms with E-state index in [1.807, 2.05) is 36.7 Å². The van der Waals surface area contributed by atoms with Gasteiger partial charge >= 0.3 is 11.9 Å². The fourth-order valence-corrected chi connectivity index (χ4v) is 10.3. The molecule has 0 spiro atoms. The Morgan fingerprint density at radius 1 is 0.631 bits per heavy atom. The molecule has 6 fully saturated rings. The van der Waals surface area contributed by atoms with Crippen LogP contribution in [0.1, 0.15) is 137 Å². The second kappa shape index (κ2) is 18.1. The Labute approximate surface area is 382 Å². The lowest BCUT2D eigenvalue weighted by molar-refractivity contribution is -0.220. The van der Waals surface area contributed by atoms with E-state index in [1.165, 1.54) is 6.92 Å². The molecular formula is C51H66N6O8. The average Bonchev–Trinajstić information content (AvgIpc) is 3.99. The van der Waals surface area contributed by atoms with E-state index >= 15 is 0 Å². The Morgan fingerprint density at radius 2 is 1.00 bits per heavy atom. The minimum atomic E-state index is -1.22. The molecule has 4 atom stereocenters. The summed E-state index contributed by atoms with van der Waals surface area (Å²) in [6, 6.07) is 15.5. The Morgan fingerprint density at radius 3 is 1.32 bits per heavy atom. The number of benzene rings is 2. The molecule has 14 heteroatoms. The van der Waals surface area contributed by atoms with Gasteiger partial charge in [0.05, 0.1) is 35.7 Å². The number of carbonyl (C=O) groups excluding carboxylic acids is 4. The van der Waals surface area contributed by atoms with Crippen LogP contribution in [-0.4, -0.2) is 80.3 Å². The summed E-state index contributed by atoms with van der Waals surface area (Å²) in [6.07, 6.45) is 11.0. The van der Waals surface area contributed by atoms with Crippen molar-refractivity contribution in [2.75, 3.05) is 13.2 Å². The van der Waals surface area contributed by atoms with Crippen molar-refractivity contribution in [1.29, 1.82) is 0 Å². The molecule has 4 bridgehead atoms. The van der Waals surface area contributed by atoms with Crippen molar-refractivity contribution >= 4 is 23.8 Å². The maximum atomic E-state index is 14.3. The summed E-state index contributed by atoms with van der Waals surface area (Å²) in [5.74, 6) is -0.124. The fourth-order valence-electron chi connectivity index (χ4n) is 10.3. The molecule has 2 aromatic heterocycles. The number of rotatable bonds is 14. The van der Waals surface area contributed by atoms with Crippen LogP contribution in [0.25, 0.3) is 33.6 Å². The summed E-state index contributed by atoms with van der Waals surface area (Å²) in [4.78, 5) is 69.3. The minimum absolute atomic E-state index is 0.0259. The van der Waals surface area contributed by atoms with Crippen molar-refractivity contribution in [3.05, 3.63) is 72.6 Å². The van der Waals surface area contributed by atoms with Crippen molar-refractivity contribution in [2.24, 2.45) is 22.7 Å². The van der Waals surface area contributed by atoms with E-state index in [0.29, 0.717) is 11.6 Å². The van der Waals surface area contributed by atoms with Gasteiger partial charge in [-0.3, -0.25) is 19.2 Å². The van der Waals surface area contributed by atoms with Crippen LogP contribution in [0.4, 0.5) is 0 Å². The van der Waals surface area contributed by atoms with Gasteiger partial charge in [0.1, 0.15) is 24.9 Å². The maximum Gasteiger partial charge on any atom is 0.305 e. The van der Waals surface area contributed by atoms with Crippen molar-refractivity contribution in [2.45, 2.75) is 149 Å². The third-order valence-corrected chi connectivity index (χ3v) is 14.1. The number of nitrogens with zero attached hydrogens (tertiary/aromatic N) is 2. The van der Waals surface area contributed by atoms with Crippen LogP contribution in [0.3, 0.4) is 0 Å². The van der Waals surface area contributed by atoms with Gasteiger partial charge in [0.15, 0.2) is 11.2 Å². The van der Waals surface area contributed by atoms with Gasteiger partial charge in [0.2, 0.25) is 0 Å². The van der Waals surface area contributed by atoms with Gasteiger partial charge in [-0.25, -0.2) is 9.97 Å². The first-order valence-electron chi connectivity index (χ1n) is 23.5. The Hall–Kier alpha value is -5.34. The first-order valence-corrected chi connectivity index (χ1v) is 23.5. The van der Waals surface area contributed by atoms with E-state index in [9.17, 15) is 19.2 Å². The van der Waals surface area contributed by atoms with Crippen molar-refractivity contribution in [3.63, 3.8) is 0 Å². The summed E-state index contributed by atoms with van der Waals surface area (Å²) in [5, 5.41) is 6.54. The average molecular weight is 891 g/mol. The third kappa shape index (κ3) is 9.52. The summed E-state index contributed by atoms with van der Waals surface area (Å²) in [7, 11) is 0. The number of hydrogen-bond donors (Lipinski definition) is 4. The van der Waals surface area contributed by atoms with Crippen molar-refractivity contribution in [3.8, 4) is 33.6 Å². The molecule has 14 nitrogen and oxygen atoms in total. The second-order valence-electron chi connectivity index (χ2n) is 20.8. The topological polar surface area (TPSA) is 187 Å². The predicted octanol–water partition coefficient (Wildman–Crippen LogP) is 8.71. The minimum Gasteiger partial charge on any atom is -0.462 e. The summed E-state index contributed by atoms with van der Waals surface area (Å²) < 4.78 is 23.9. The Balaban J connectivity index is 0.947. The molecule has 6 heterocycles. The zero-order valence-corrected chi connectivity index (χ0v) is 39.2. The zero-order chi connectivity index (χ0) is 46.3. The highest BCUT2D eigenvalue weighted by molar-refractivity contribution is 5.88. The summed E-state index contributed by atoms with van der Waals surface area (Å²) in [5.41, 5.74) is 2.16. The van der Waals surface area contributed by atoms with E-state index in [4.69, 9.17) is 28.9 Å². The number of amides is 2. The van der Waals surface area contributed by atoms with Gasteiger partial charge in [-0.2, -0.15) is 0 Å². The Bertz CT molecular complexity index is 2340. The van der Waals surface area contributed by atoms with Crippen molar-refractivity contribution < 1.29 is 38.1 Å². The lowest BCUT2D eigenvalue weighted by Crippen LogP contribution is -2.64. The van der Waals surface area contributed by atoms with Crippen LogP contribution in [0.15, 0.2) is 60.9 Å². The molecule has 4 aromatic rings. The number of hydrogen-bond acceptors (Lipinski definition) is 10. The van der Waals surface area contributed by atoms with Gasteiger partial charge in [0, 0.05) is 48.7 Å².